The predicted octanol–water partition coefficient (Wildman–Crippen LogP) is 1.93. The molecule has 1 aromatic heterocycles. The number of carbonyl (C=O) groups excluding carboxylic acids is 2. The maximum atomic E-state index is 12.2. The van der Waals surface area contributed by atoms with Crippen molar-refractivity contribution in [2.75, 3.05) is 39.4 Å². The zero-order valence-electron chi connectivity index (χ0n) is 15.2. The van der Waals surface area contributed by atoms with E-state index in [0.717, 1.165) is 52.0 Å². The Labute approximate surface area is 159 Å². The lowest BCUT2D eigenvalue weighted by Crippen LogP contribution is -2.45. The van der Waals surface area contributed by atoms with E-state index in [9.17, 15) is 9.59 Å². The standard InChI is InChI=1S/C19H29N3O3S/c23-18(14-21-19(24)15-5-2-1-3-6-15)20-13-16(17-7-4-12-26-17)22-8-10-25-11-9-22/h4,7,12,15-16H,1-3,5-6,8-11,13-14H2,(H,20,23)(H,21,24). The molecule has 1 saturated heterocycles. The third-order valence-electron chi connectivity index (χ3n) is 5.25. The van der Waals surface area contributed by atoms with E-state index in [-0.39, 0.29) is 30.3 Å². The topological polar surface area (TPSA) is 70.7 Å². The first-order valence-electron chi connectivity index (χ1n) is 9.63. The Bertz CT molecular complexity index is 567. The largest absolute Gasteiger partial charge is 0.379 e. The fourth-order valence-electron chi connectivity index (χ4n) is 3.73. The van der Waals surface area contributed by atoms with Crippen LogP contribution in [-0.4, -0.2) is 56.1 Å². The van der Waals surface area contributed by atoms with E-state index >= 15 is 0 Å². The predicted molar refractivity (Wildman–Crippen MR) is 102 cm³/mol. The van der Waals surface area contributed by atoms with Crippen molar-refractivity contribution in [2.24, 2.45) is 5.92 Å². The smallest absolute Gasteiger partial charge is 0.239 e. The number of nitrogens with one attached hydrogen (secondary N) is 2. The van der Waals surface area contributed by atoms with E-state index in [1.807, 2.05) is 6.07 Å². The van der Waals surface area contributed by atoms with Gasteiger partial charge in [0.1, 0.15) is 0 Å². The molecular formula is C19H29N3O3S. The van der Waals surface area contributed by atoms with Gasteiger partial charge in [0.25, 0.3) is 0 Å². The summed E-state index contributed by atoms with van der Waals surface area (Å²) in [5, 5.41) is 7.87. The van der Waals surface area contributed by atoms with Gasteiger partial charge in [-0.2, -0.15) is 0 Å². The quantitative estimate of drug-likeness (QED) is 0.760. The fourth-order valence-corrected chi connectivity index (χ4v) is 4.59. The molecule has 0 radical (unpaired) electrons. The number of nitrogens with zero attached hydrogens (tertiary/aromatic N) is 1. The maximum absolute atomic E-state index is 12.2. The number of morpholine rings is 1. The minimum atomic E-state index is -0.121. The number of carbonyl (C=O) groups is 2. The summed E-state index contributed by atoms with van der Waals surface area (Å²) in [6, 6.07) is 4.32. The van der Waals surface area contributed by atoms with Crippen molar-refractivity contribution in [3.05, 3.63) is 22.4 Å². The summed E-state index contributed by atoms with van der Waals surface area (Å²) >= 11 is 1.71. The first-order valence-corrected chi connectivity index (χ1v) is 10.5. The van der Waals surface area contributed by atoms with Crippen LogP contribution in [0.4, 0.5) is 0 Å². The molecule has 2 amide bonds. The second-order valence-corrected chi connectivity index (χ2v) is 8.02. The second kappa shape index (κ2) is 10.0. The van der Waals surface area contributed by atoms with Gasteiger partial charge in [-0.3, -0.25) is 14.5 Å². The highest BCUT2D eigenvalue weighted by Gasteiger charge is 2.24. The summed E-state index contributed by atoms with van der Waals surface area (Å²) in [6.45, 7) is 3.82. The van der Waals surface area contributed by atoms with E-state index in [4.69, 9.17) is 4.74 Å². The molecule has 144 valence electrons. The number of rotatable bonds is 7. The Morgan fingerprint density at radius 2 is 1.96 bits per heavy atom. The lowest BCUT2D eigenvalue weighted by atomic mass is 9.89. The highest BCUT2D eigenvalue weighted by molar-refractivity contribution is 7.10. The molecule has 3 rings (SSSR count). The average molecular weight is 380 g/mol. The van der Waals surface area contributed by atoms with Crippen molar-refractivity contribution in [1.82, 2.24) is 15.5 Å². The minimum Gasteiger partial charge on any atom is -0.379 e. The highest BCUT2D eigenvalue weighted by Crippen LogP contribution is 2.25. The maximum Gasteiger partial charge on any atom is 0.239 e. The minimum absolute atomic E-state index is 0.0304. The summed E-state index contributed by atoms with van der Waals surface area (Å²) in [5.41, 5.74) is 0. The average Bonchev–Trinajstić information content (AvgIpc) is 3.22. The van der Waals surface area contributed by atoms with Crippen LogP contribution >= 0.6 is 11.3 Å². The first kappa shape index (κ1) is 19.3. The van der Waals surface area contributed by atoms with E-state index in [2.05, 4.69) is 27.0 Å². The van der Waals surface area contributed by atoms with E-state index in [0.29, 0.717) is 6.54 Å². The van der Waals surface area contributed by atoms with Gasteiger partial charge in [-0.05, 0) is 24.3 Å². The molecule has 1 unspecified atom stereocenters. The summed E-state index contributed by atoms with van der Waals surface area (Å²) in [4.78, 5) is 28.0. The molecule has 6 nitrogen and oxygen atoms in total. The molecule has 2 N–H and O–H groups in total. The molecule has 7 heteroatoms. The monoisotopic (exact) mass is 379 g/mol. The van der Waals surface area contributed by atoms with Gasteiger partial charge in [0.15, 0.2) is 0 Å². The number of thiophene rings is 1. The fraction of sp³-hybridized carbons (Fsp3) is 0.684. The number of amides is 2. The third-order valence-corrected chi connectivity index (χ3v) is 6.22. The van der Waals surface area contributed by atoms with Crippen LogP contribution in [0.25, 0.3) is 0 Å². The molecule has 2 aliphatic rings. The normalized spacial score (nSPS) is 20.5. The Kier molecular flexibility index (Phi) is 7.46. The third kappa shape index (κ3) is 5.53. The van der Waals surface area contributed by atoms with Crippen LogP contribution < -0.4 is 10.6 Å². The van der Waals surface area contributed by atoms with Crippen LogP contribution in [-0.2, 0) is 14.3 Å². The molecule has 1 aliphatic carbocycles. The van der Waals surface area contributed by atoms with Gasteiger partial charge in [0, 0.05) is 30.4 Å². The zero-order chi connectivity index (χ0) is 18.2. The molecule has 2 heterocycles. The molecule has 1 aliphatic heterocycles. The van der Waals surface area contributed by atoms with Crippen molar-refractivity contribution in [3.8, 4) is 0 Å². The molecule has 1 aromatic rings. The van der Waals surface area contributed by atoms with Gasteiger partial charge in [0.05, 0.1) is 25.8 Å². The van der Waals surface area contributed by atoms with Gasteiger partial charge in [0.2, 0.25) is 11.8 Å². The Morgan fingerprint density at radius 1 is 1.19 bits per heavy atom. The Hall–Kier alpha value is -1.44. The molecule has 1 saturated carbocycles. The summed E-state index contributed by atoms with van der Waals surface area (Å²) in [7, 11) is 0. The van der Waals surface area contributed by atoms with Crippen LogP contribution in [0.1, 0.15) is 43.0 Å². The first-order chi connectivity index (χ1) is 12.7. The van der Waals surface area contributed by atoms with Crippen molar-refractivity contribution in [2.45, 2.75) is 38.1 Å². The summed E-state index contributed by atoms with van der Waals surface area (Å²) in [6.07, 6.45) is 5.35. The Balaban J connectivity index is 1.45. The van der Waals surface area contributed by atoms with Crippen LogP contribution in [0.15, 0.2) is 17.5 Å². The van der Waals surface area contributed by atoms with Crippen LogP contribution in [0, 0.1) is 5.92 Å². The molecule has 1 atom stereocenters. The van der Waals surface area contributed by atoms with Gasteiger partial charge in [-0.25, -0.2) is 0 Å². The number of ether oxygens (including phenoxy) is 1. The van der Waals surface area contributed by atoms with Gasteiger partial charge in [-0.15, -0.1) is 11.3 Å². The SMILES string of the molecule is O=C(CNC(=O)C1CCCCC1)NCC(c1cccs1)N1CCOCC1. The number of hydrogen-bond acceptors (Lipinski definition) is 5. The van der Waals surface area contributed by atoms with Crippen LogP contribution in [0.2, 0.25) is 0 Å². The van der Waals surface area contributed by atoms with Crippen molar-refractivity contribution >= 4 is 23.2 Å². The molecule has 0 spiro atoms. The van der Waals surface area contributed by atoms with Gasteiger partial charge in [-0.1, -0.05) is 25.3 Å². The van der Waals surface area contributed by atoms with Crippen molar-refractivity contribution in [1.29, 1.82) is 0 Å². The molecule has 0 bridgehead atoms. The van der Waals surface area contributed by atoms with Crippen molar-refractivity contribution in [3.63, 3.8) is 0 Å². The zero-order valence-corrected chi connectivity index (χ0v) is 16.1. The van der Waals surface area contributed by atoms with Crippen molar-refractivity contribution < 1.29 is 14.3 Å². The molecule has 0 aromatic carbocycles. The molecular weight excluding hydrogens is 350 g/mol. The lowest BCUT2D eigenvalue weighted by Gasteiger charge is -2.34. The van der Waals surface area contributed by atoms with E-state index < -0.39 is 0 Å². The number of hydrogen-bond donors (Lipinski definition) is 2. The summed E-state index contributed by atoms with van der Waals surface area (Å²) < 4.78 is 5.44. The van der Waals surface area contributed by atoms with Gasteiger partial charge < -0.3 is 15.4 Å². The lowest BCUT2D eigenvalue weighted by molar-refractivity contribution is -0.129. The van der Waals surface area contributed by atoms with Gasteiger partial charge >= 0.3 is 0 Å². The highest BCUT2D eigenvalue weighted by atomic mass is 32.1. The second-order valence-electron chi connectivity index (χ2n) is 7.04. The Morgan fingerprint density at radius 3 is 2.65 bits per heavy atom. The van der Waals surface area contributed by atoms with E-state index in [1.54, 1.807) is 11.3 Å². The molecule has 2 fully saturated rings. The van der Waals surface area contributed by atoms with E-state index in [1.165, 1.54) is 11.3 Å². The van der Waals surface area contributed by atoms with Crippen LogP contribution in [0.5, 0.6) is 0 Å². The molecule has 26 heavy (non-hydrogen) atoms. The van der Waals surface area contributed by atoms with Crippen LogP contribution in [0.3, 0.4) is 0 Å². The summed E-state index contributed by atoms with van der Waals surface area (Å²) in [5.74, 6) is -0.00409.